The minimum absolute atomic E-state index is 0.272. The van der Waals surface area contributed by atoms with E-state index in [0.717, 1.165) is 6.07 Å². The largest absolute Gasteiger partial charge is 0.484 e. The van der Waals surface area contributed by atoms with Gasteiger partial charge in [0, 0.05) is 11.1 Å². The zero-order valence-electron chi connectivity index (χ0n) is 16.8. The summed E-state index contributed by atoms with van der Waals surface area (Å²) in [6.45, 7) is -1.02. The summed E-state index contributed by atoms with van der Waals surface area (Å²) in [4.78, 5) is 36.0. The van der Waals surface area contributed by atoms with E-state index in [1.807, 2.05) is 5.32 Å². The minimum Gasteiger partial charge on any atom is -0.484 e. The molecule has 0 spiro atoms. The summed E-state index contributed by atoms with van der Waals surface area (Å²) in [6, 6.07) is 12.5. The van der Waals surface area contributed by atoms with Crippen LogP contribution in [0, 0.1) is 23.3 Å². The van der Waals surface area contributed by atoms with Gasteiger partial charge in [-0.05, 0) is 60.7 Å². The molecule has 0 radical (unpaired) electrons. The number of benzene rings is 3. The standard InChI is InChI=1S/C23H16F4N2O4/c24-15-5-1-13(2-6-15)23(32)14-3-7-16(8-4-14)33-12-20(31)28-11-19(30)29-18-10-9-17(25)21(26)22(18)27/h1-10H,11-12H2,(H,28,31)(H,29,30). The van der Waals surface area contributed by atoms with E-state index in [-0.39, 0.29) is 11.5 Å². The Kier molecular flexibility index (Phi) is 7.39. The Morgan fingerprint density at radius 2 is 1.33 bits per heavy atom. The zero-order valence-corrected chi connectivity index (χ0v) is 16.8. The highest BCUT2D eigenvalue weighted by Gasteiger charge is 2.16. The van der Waals surface area contributed by atoms with Crippen molar-refractivity contribution in [1.82, 2.24) is 5.32 Å². The van der Waals surface area contributed by atoms with Crippen LogP contribution in [0.15, 0.2) is 60.7 Å². The van der Waals surface area contributed by atoms with Gasteiger partial charge in [0.2, 0.25) is 5.91 Å². The van der Waals surface area contributed by atoms with Crippen LogP contribution < -0.4 is 15.4 Å². The monoisotopic (exact) mass is 460 g/mol. The first-order valence-corrected chi connectivity index (χ1v) is 9.48. The summed E-state index contributed by atoms with van der Waals surface area (Å²) in [5.74, 6) is -6.72. The van der Waals surface area contributed by atoms with Crippen molar-refractivity contribution in [3.63, 3.8) is 0 Å². The van der Waals surface area contributed by atoms with Crippen molar-refractivity contribution < 1.29 is 36.7 Å². The quantitative estimate of drug-likeness (QED) is 0.306. The van der Waals surface area contributed by atoms with E-state index in [4.69, 9.17) is 4.74 Å². The molecule has 3 aromatic rings. The summed E-state index contributed by atoms with van der Waals surface area (Å²) in [5, 5.41) is 4.23. The summed E-state index contributed by atoms with van der Waals surface area (Å²) in [7, 11) is 0. The minimum atomic E-state index is -1.73. The first-order chi connectivity index (χ1) is 15.7. The van der Waals surface area contributed by atoms with Gasteiger partial charge in [-0.25, -0.2) is 17.6 Å². The number of carbonyl (C=O) groups excluding carboxylic acids is 3. The Bertz CT molecular complexity index is 1180. The van der Waals surface area contributed by atoms with E-state index in [1.54, 1.807) is 0 Å². The predicted octanol–water partition coefficient (Wildman–Crippen LogP) is 3.61. The Balaban J connectivity index is 1.46. The molecule has 0 aromatic heterocycles. The topological polar surface area (TPSA) is 84.5 Å². The highest BCUT2D eigenvalue weighted by atomic mass is 19.2. The molecule has 33 heavy (non-hydrogen) atoms. The van der Waals surface area contributed by atoms with Crippen molar-refractivity contribution >= 4 is 23.3 Å². The highest BCUT2D eigenvalue weighted by molar-refractivity contribution is 6.09. The van der Waals surface area contributed by atoms with E-state index < -0.39 is 53.9 Å². The van der Waals surface area contributed by atoms with Crippen LogP contribution in [0.2, 0.25) is 0 Å². The number of ketones is 1. The van der Waals surface area contributed by atoms with Gasteiger partial charge in [-0.15, -0.1) is 0 Å². The molecule has 6 nitrogen and oxygen atoms in total. The van der Waals surface area contributed by atoms with Crippen molar-refractivity contribution in [3.8, 4) is 5.75 Å². The number of anilines is 1. The molecule has 10 heteroatoms. The van der Waals surface area contributed by atoms with Gasteiger partial charge in [-0.3, -0.25) is 14.4 Å². The van der Waals surface area contributed by atoms with Gasteiger partial charge in [0.25, 0.3) is 5.91 Å². The Labute approximate surface area is 185 Å². The van der Waals surface area contributed by atoms with Crippen LogP contribution in [0.3, 0.4) is 0 Å². The first-order valence-electron chi connectivity index (χ1n) is 9.48. The van der Waals surface area contributed by atoms with Gasteiger partial charge in [0.05, 0.1) is 12.2 Å². The Morgan fingerprint density at radius 3 is 1.97 bits per heavy atom. The lowest BCUT2D eigenvalue weighted by atomic mass is 10.0. The van der Waals surface area contributed by atoms with E-state index >= 15 is 0 Å². The molecule has 2 amide bonds. The Morgan fingerprint density at radius 1 is 0.727 bits per heavy atom. The van der Waals surface area contributed by atoms with Crippen LogP contribution in [-0.4, -0.2) is 30.7 Å². The number of ether oxygens (including phenoxy) is 1. The summed E-state index contributed by atoms with van der Waals surface area (Å²) >= 11 is 0. The van der Waals surface area contributed by atoms with Crippen LogP contribution in [0.25, 0.3) is 0 Å². The first kappa shape index (κ1) is 23.5. The molecule has 3 rings (SSSR count). The van der Waals surface area contributed by atoms with Gasteiger partial charge in [0.1, 0.15) is 11.6 Å². The van der Waals surface area contributed by atoms with Gasteiger partial charge in [0.15, 0.2) is 29.8 Å². The third kappa shape index (κ3) is 6.16. The smallest absolute Gasteiger partial charge is 0.258 e. The number of carbonyl (C=O) groups is 3. The average Bonchev–Trinajstić information content (AvgIpc) is 2.82. The maximum absolute atomic E-state index is 13.5. The van der Waals surface area contributed by atoms with E-state index in [1.165, 1.54) is 48.5 Å². The maximum Gasteiger partial charge on any atom is 0.258 e. The van der Waals surface area contributed by atoms with Crippen LogP contribution in [0.4, 0.5) is 23.2 Å². The number of hydrogen-bond acceptors (Lipinski definition) is 4. The zero-order chi connectivity index (χ0) is 24.0. The predicted molar refractivity (Wildman–Crippen MR) is 110 cm³/mol. The summed E-state index contributed by atoms with van der Waals surface area (Å²) < 4.78 is 57.9. The lowest BCUT2D eigenvalue weighted by Gasteiger charge is -2.09. The Hall–Kier alpha value is -4.21. The van der Waals surface area contributed by atoms with Gasteiger partial charge in [-0.1, -0.05) is 0 Å². The van der Waals surface area contributed by atoms with Crippen LogP contribution in [-0.2, 0) is 9.59 Å². The molecule has 0 unspecified atom stereocenters. The van der Waals surface area contributed by atoms with E-state index in [2.05, 4.69) is 5.32 Å². The molecular weight excluding hydrogens is 444 g/mol. The number of halogens is 4. The molecule has 0 heterocycles. The highest BCUT2D eigenvalue weighted by Crippen LogP contribution is 2.19. The normalized spacial score (nSPS) is 10.4. The maximum atomic E-state index is 13.5. The fourth-order valence-corrected chi connectivity index (χ4v) is 2.67. The molecule has 0 saturated heterocycles. The fraction of sp³-hybridized carbons (Fsp3) is 0.0870. The lowest BCUT2D eigenvalue weighted by Crippen LogP contribution is -2.36. The molecule has 0 aliphatic carbocycles. The summed E-state index contributed by atoms with van der Waals surface area (Å²) in [6.07, 6.45) is 0. The van der Waals surface area contributed by atoms with Gasteiger partial charge in [-0.2, -0.15) is 0 Å². The van der Waals surface area contributed by atoms with Crippen molar-refractivity contribution in [2.75, 3.05) is 18.5 Å². The molecule has 0 fully saturated rings. The van der Waals surface area contributed by atoms with Crippen molar-refractivity contribution in [2.45, 2.75) is 0 Å². The second-order valence-corrected chi connectivity index (χ2v) is 6.70. The number of amides is 2. The fourth-order valence-electron chi connectivity index (χ4n) is 2.67. The molecule has 0 aliphatic heterocycles. The molecule has 0 bridgehead atoms. The van der Waals surface area contributed by atoms with Crippen LogP contribution >= 0.6 is 0 Å². The molecule has 2 N–H and O–H groups in total. The second-order valence-electron chi connectivity index (χ2n) is 6.70. The second kappa shape index (κ2) is 10.4. The van der Waals surface area contributed by atoms with Crippen molar-refractivity contribution in [3.05, 3.63) is 95.1 Å². The molecular formula is C23H16F4N2O4. The van der Waals surface area contributed by atoms with E-state index in [9.17, 15) is 31.9 Å². The van der Waals surface area contributed by atoms with Crippen molar-refractivity contribution in [2.24, 2.45) is 0 Å². The lowest BCUT2D eigenvalue weighted by molar-refractivity contribution is -0.125. The van der Waals surface area contributed by atoms with Crippen LogP contribution in [0.1, 0.15) is 15.9 Å². The number of rotatable bonds is 8. The molecule has 0 aliphatic rings. The SMILES string of the molecule is O=C(COc1ccc(C(=O)c2ccc(F)cc2)cc1)NCC(=O)Nc1ccc(F)c(F)c1F. The number of nitrogens with one attached hydrogen (secondary N) is 2. The molecule has 170 valence electrons. The van der Waals surface area contributed by atoms with Gasteiger partial charge < -0.3 is 15.4 Å². The van der Waals surface area contributed by atoms with E-state index in [0.29, 0.717) is 17.2 Å². The third-order valence-corrected chi connectivity index (χ3v) is 4.35. The average molecular weight is 460 g/mol. The van der Waals surface area contributed by atoms with Crippen LogP contribution in [0.5, 0.6) is 5.75 Å². The molecule has 3 aromatic carbocycles. The molecule has 0 atom stereocenters. The summed E-state index contributed by atoms with van der Waals surface area (Å²) in [5.41, 5.74) is 0.0743. The van der Waals surface area contributed by atoms with Gasteiger partial charge >= 0.3 is 0 Å². The number of hydrogen-bond donors (Lipinski definition) is 2. The van der Waals surface area contributed by atoms with Crippen molar-refractivity contribution in [1.29, 1.82) is 0 Å². The molecule has 0 saturated carbocycles. The third-order valence-electron chi connectivity index (χ3n) is 4.35.